The number of carbonyl (C=O) groups is 1. The Kier molecular flexibility index (Phi) is 4.22. The van der Waals surface area contributed by atoms with Crippen molar-refractivity contribution in [1.82, 2.24) is 0 Å². The Labute approximate surface area is 131 Å². The Morgan fingerprint density at radius 1 is 1.30 bits per heavy atom. The molecule has 0 bridgehead atoms. The Morgan fingerprint density at radius 2 is 2.05 bits per heavy atom. The number of hydrogen-bond acceptors (Lipinski definition) is 3. The predicted octanol–water partition coefficient (Wildman–Crippen LogP) is 2.79. The normalized spacial score (nSPS) is 18.4. The van der Waals surface area contributed by atoms with Gasteiger partial charge in [-0.15, -0.1) is 12.4 Å². The average Bonchev–Trinajstić information content (AvgIpc) is 2.70. The van der Waals surface area contributed by atoms with Crippen molar-refractivity contribution in [2.24, 2.45) is 5.73 Å². The van der Waals surface area contributed by atoms with Gasteiger partial charge in [0, 0.05) is 16.4 Å². The molecule has 0 saturated carbocycles. The average molecular weight is 358 g/mol. The molecule has 3 rings (SSSR count). The van der Waals surface area contributed by atoms with E-state index in [1.165, 1.54) is 0 Å². The molecule has 106 valence electrons. The topological polar surface area (TPSA) is 66.6 Å². The lowest BCUT2D eigenvalue weighted by Crippen LogP contribution is -2.34. The lowest BCUT2D eigenvalue weighted by molar-refractivity contribution is -0.118. The van der Waals surface area contributed by atoms with E-state index in [0.717, 1.165) is 20.9 Å². The van der Waals surface area contributed by atoms with Gasteiger partial charge in [-0.2, -0.15) is 0 Å². The van der Waals surface area contributed by atoms with Gasteiger partial charge in [0.05, 0.1) is 11.7 Å². The summed E-state index contributed by atoms with van der Waals surface area (Å²) in [7, 11) is 0. The van der Waals surface area contributed by atoms with Crippen LogP contribution < -0.4 is 10.6 Å². The number of fused-ring (bicyclic) bond motifs is 1. The maximum absolute atomic E-state index is 12.1. The lowest BCUT2D eigenvalue weighted by Gasteiger charge is -2.19. The fourth-order valence-electron chi connectivity index (χ4n) is 2.46. The SMILES string of the molecule is Cl.NC1CCN(c2cc(Br)cc3ccc(O)cc23)C1=O. The van der Waals surface area contributed by atoms with E-state index in [-0.39, 0.29) is 24.1 Å². The van der Waals surface area contributed by atoms with Crippen LogP contribution in [0, 0.1) is 0 Å². The lowest BCUT2D eigenvalue weighted by atomic mass is 10.1. The van der Waals surface area contributed by atoms with Crippen LogP contribution in [0.15, 0.2) is 34.8 Å². The molecule has 0 aromatic heterocycles. The summed E-state index contributed by atoms with van der Waals surface area (Å²) in [5.41, 5.74) is 6.56. The number of carbonyl (C=O) groups excluding carboxylic acids is 1. The van der Waals surface area contributed by atoms with Gasteiger partial charge in [-0.1, -0.05) is 22.0 Å². The molecule has 0 spiro atoms. The van der Waals surface area contributed by atoms with Gasteiger partial charge in [0.2, 0.25) is 5.91 Å². The van der Waals surface area contributed by atoms with Crippen molar-refractivity contribution in [1.29, 1.82) is 0 Å². The van der Waals surface area contributed by atoms with E-state index in [1.807, 2.05) is 18.2 Å². The monoisotopic (exact) mass is 356 g/mol. The minimum absolute atomic E-state index is 0. The number of nitrogens with zero attached hydrogens (tertiary/aromatic N) is 1. The standard InChI is InChI=1S/C14H13BrN2O2.ClH/c15-9-5-8-1-2-10(18)7-11(8)13(6-9)17-4-3-12(16)14(17)19;/h1-2,5-7,12,18H,3-4,16H2;1H. The molecule has 1 saturated heterocycles. The van der Waals surface area contributed by atoms with Gasteiger partial charge in [-0.25, -0.2) is 0 Å². The first-order valence-corrected chi connectivity index (χ1v) is 6.85. The van der Waals surface area contributed by atoms with Gasteiger partial charge >= 0.3 is 0 Å². The third kappa shape index (κ3) is 2.49. The molecular weight excluding hydrogens is 344 g/mol. The van der Waals surface area contributed by atoms with Gasteiger partial charge in [-0.3, -0.25) is 4.79 Å². The Morgan fingerprint density at radius 3 is 2.70 bits per heavy atom. The number of aromatic hydroxyl groups is 1. The van der Waals surface area contributed by atoms with Crippen LogP contribution in [0.4, 0.5) is 5.69 Å². The van der Waals surface area contributed by atoms with E-state index in [9.17, 15) is 9.90 Å². The zero-order chi connectivity index (χ0) is 13.6. The van der Waals surface area contributed by atoms with Crippen LogP contribution in [-0.4, -0.2) is 23.6 Å². The number of halogens is 2. The van der Waals surface area contributed by atoms with Crippen molar-refractivity contribution in [3.63, 3.8) is 0 Å². The van der Waals surface area contributed by atoms with Crippen molar-refractivity contribution < 1.29 is 9.90 Å². The molecule has 1 atom stereocenters. The molecule has 1 aliphatic rings. The number of phenols is 1. The summed E-state index contributed by atoms with van der Waals surface area (Å²) in [5, 5.41) is 11.5. The maximum atomic E-state index is 12.1. The molecule has 2 aromatic carbocycles. The molecule has 4 nitrogen and oxygen atoms in total. The molecule has 3 N–H and O–H groups in total. The smallest absolute Gasteiger partial charge is 0.243 e. The molecule has 1 fully saturated rings. The van der Waals surface area contributed by atoms with Crippen molar-refractivity contribution >= 4 is 50.7 Å². The van der Waals surface area contributed by atoms with Gasteiger partial charge in [0.1, 0.15) is 5.75 Å². The van der Waals surface area contributed by atoms with Crippen molar-refractivity contribution in [3.8, 4) is 5.75 Å². The first-order valence-electron chi connectivity index (χ1n) is 6.05. The zero-order valence-corrected chi connectivity index (χ0v) is 12.9. The van der Waals surface area contributed by atoms with E-state index >= 15 is 0 Å². The Bertz CT molecular complexity index is 678. The first kappa shape index (κ1) is 15.1. The maximum Gasteiger partial charge on any atom is 0.243 e. The summed E-state index contributed by atoms with van der Waals surface area (Å²) in [6.45, 7) is 0.612. The quantitative estimate of drug-likeness (QED) is 0.825. The fraction of sp³-hybridized carbons (Fsp3) is 0.214. The molecule has 1 amide bonds. The highest BCUT2D eigenvalue weighted by Crippen LogP contribution is 2.35. The molecule has 6 heteroatoms. The number of anilines is 1. The summed E-state index contributed by atoms with van der Waals surface area (Å²) in [6, 6.07) is 8.56. The second-order valence-corrected chi connectivity index (χ2v) is 5.63. The van der Waals surface area contributed by atoms with Crippen LogP contribution in [0.5, 0.6) is 5.75 Å². The summed E-state index contributed by atoms with van der Waals surface area (Å²) in [6.07, 6.45) is 0.658. The third-order valence-corrected chi connectivity index (χ3v) is 3.88. The summed E-state index contributed by atoms with van der Waals surface area (Å²) in [5.74, 6) is 0.120. The Hall–Kier alpha value is -1.30. The molecule has 1 aliphatic heterocycles. The van der Waals surface area contributed by atoms with Crippen LogP contribution >= 0.6 is 28.3 Å². The summed E-state index contributed by atoms with van der Waals surface area (Å²) < 4.78 is 0.897. The third-order valence-electron chi connectivity index (χ3n) is 3.42. The summed E-state index contributed by atoms with van der Waals surface area (Å²) >= 11 is 3.45. The largest absolute Gasteiger partial charge is 0.508 e. The van der Waals surface area contributed by atoms with E-state index in [1.54, 1.807) is 17.0 Å². The van der Waals surface area contributed by atoms with Crippen LogP contribution in [0.1, 0.15) is 6.42 Å². The minimum Gasteiger partial charge on any atom is -0.508 e. The number of nitrogens with two attached hydrogens (primary N) is 1. The van der Waals surface area contributed by atoms with Crippen molar-refractivity contribution in [3.05, 3.63) is 34.8 Å². The molecular formula is C14H14BrClN2O2. The summed E-state index contributed by atoms with van der Waals surface area (Å²) in [4.78, 5) is 13.8. The second kappa shape index (κ2) is 5.60. The van der Waals surface area contributed by atoms with E-state index in [0.29, 0.717) is 13.0 Å². The number of rotatable bonds is 1. The van der Waals surface area contributed by atoms with Gasteiger partial charge < -0.3 is 15.7 Å². The van der Waals surface area contributed by atoms with Crippen LogP contribution in [0.2, 0.25) is 0 Å². The van der Waals surface area contributed by atoms with Crippen molar-refractivity contribution in [2.45, 2.75) is 12.5 Å². The predicted molar refractivity (Wildman–Crippen MR) is 85.5 cm³/mol. The number of benzene rings is 2. The molecule has 0 radical (unpaired) electrons. The highest BCUT2D eigenvalue weighted by Gasteiger charge is 2.30. The van der Waals surface area contributed by atoms with Gasteiger partial charge in [0.15, 0.2) is 0 Å². The van der Waals surface area contributed by atoms with Crippen LogP contribution in [0.25, 0.3) is 10.8 Å². The molecule has 0 aliphatic carbocycles. The second-order valence-electron chi connectivity index (χ2n) is 4.72. The highest BCUT2D eigenvalue weighted by atomic mass is 79.9. The fourth-order valence-corrected chi connectivity index (χ4v) is 2.92. The minimum atomic E-state index is -0.425. The first-order chi connectivity index (χ1) is 9.06. The number of hydrogen-bond donors (Lipinski definition) is 2. The molecule has 20 heavy (non-hydrogen) atoms. The molecule has 1 unspecified atom stereocenters. The molecule has 2 aromatic rings. The van der Waals surface area contributed by atoms with E-state index in [2.05, 4.69) is 15.9 Å². The number of phenolic OH excluding ortho intramolecular Hbond substituents is 1. The number of amides is 1. The van der Waals surface area contributed by atoms with Crippen LogP contribution in [0.3, 0.4) is 0 Å². The zero-order valence-electron chi connectivity index (χ0n) is 10.5. The Balaban J connectivity index is 0.00000147. The highest BCUT2D eigenvalue weighted by molar-refractivity contribution is 9.10. The van der Waals surface area contributed by atoms with Gasteiger partial charge in [-0.05, 0) is 36.1 Å². The van der Waals surface area contributed by atoms with Gasteiger partial charge in [0.25, 0.3) is 0 Å². The van der Waals surface area contributed by atoms with E-state index < -0.39 is 6.04 Å². The van der Waals surface area contributed by atoms with Crippen molar-refractivity contribution in [2.75, 3.05) is 11.4 Å². The van der Waals surface area contributed by atoms with Crippen LogP contribution in [-0.2, 0) is 4.79 Å². The molecule has 1 heterocycles. The van der Waals surface area contributed by atoms with E-state index in [4.69, 9.17) is 5.73 Å².